The summed E-state index contributed by atoms with van der Waals surface area (Å²) in [7, 11) is 0. The first kappa shape index (κ1) is 16.6. The van der Waals surface area contributed by atoms with Crippen molar-refractivity contribution in [2.45, 2.75) is 51.9 Å². The van der Waals surface area contributed by atoms with Crippen LogP contribution in [-0.2, 0) is 4.74 Å². The molecule has 0 aromatic carbocycles. The predicted molar refractivity (Wildman–Crippen MR) is 72.3 cm³/mol. The maximum absolute atomic E-state index is 11.5. The Labute approximate surface area is 118 Å². The summed E-state index contributed by atoms with van der Waals surface area (Å²) >= 11 is 0. The van der Waals surface area contributed by atoms with Gasteiger partial charge in [-0.15, -0.1) is 0 Å². The second kappa shape index (κ2) is 6.78. The third-order valence-corrected chi connectivity index (χ3v) is 3.12. The van der Waals surface area contributed by atoms with Crippen LogP contribution in [-0.4, -0.2) is 52.2 Å². The number of piperidine rings is 1. The second-order valence-electron chi connectivity index (χ2n) is 6.11. The number of carboxylic acid groups (broad SMARTS) is 1. The van der Waals surface area contributed by atoms with E-state index in [1.807, 2.05) is 0 Å². The van der Waals surface area contributed by atoms with Crippen molar-refractivity contribution >= 4 is 12.2 Å². The molecule has 116 valence electrons. The van der Waals surface area contributed by atoms with Crippen molar-refractivity contribution in [1.29, 1.82) is 0 Å². The third-order valence-electron chi connectivity index (χ3n) is 3.12. The monoisotopic (exact) mass is 288 g/mol. The van der Waals surface area contributed by atoms with E-state index in [0.717, 1.165) is 0 Å². The Morgan fingerprint density at radius 1 is 1.35 bits per heavy atom. The van der Waals surface area contributed by atoms with Gasteiger partial charge in [0.15, 0.2) is 0 Å². The van der Waals surface area contributed by atoms with Crippen LogP contribution in [0.2, 0.25) is 0 Å². The van der Waals surface area contributed by atoms with Crippen LogP contribution >= 0.6 is 0 Å². The van der Waals surface area contributed by atoms with Crippen LogP contribution in [0.1, 0.15) is 40.0 Å². The van der Waals surface area contributed by atoms with Crippen LogP contribution in [0.3, 0.4) is 0 Å². The number of aliphatic hydroxyl groups excluding tert-OH is 1. The van der Waals surface area contributed by atoms with Crippen molar-refractivity contribution in [2.24, 2.45) is 5.92 Å². The topological polar surface area (TPSA) is 99.1 Å². The maximum atomic E-state index is 11.5. The summed E-state index contributed by atoms with van der Waals surface area (Å²) in [6, 6.07) is 0. The SMILES string of the molecule is CC(C)(C)OC(=O)NC(O)CC1CCN(C(=O)O)CC1. The van der Waals surface area contributed by atoms with Crippen molar-refractivity contribution in [3.63, 3.8) is 0 Å². The number of likely N-dealkylation sites (tertiary alicyclic amines) is 1. The van der Waals surface area contributed by atoms with Crippen molar-refractivity contribution < 1.29 is 24.5 Å². The minimum absolute atomic E-state index is 0.204. The number of carbonyl (C=O) groups excluding carboxylic acids is 1. The number of nitrogens with zero attached hydrogens (tertiary/aromatic N) is 1. The summed E-state index contributed by atoms with van der Waals surface area (Å²) in [5, 5.41) is 21.0. The molecule has 1 heterocycles. The van der Waals surface area contributed by atoms with E-state index in [2.05, 4.69) is 5.32 Å². The van der Waals surface area contributed by atoms with Crippen LogP contribution in [0.25, 0.3) is 0 Å². The Morgan fingerprint density at radius 3 is 2.35 bits per heavy atom. The van der Waals surface area contributed by atoms with E-state index in [-0.39, 0.29) is 5.92 Å². The van der Waals surface area contributed by atoms with Gasteiger partial charge in [-0.1, -0.05) is 0 Å². The van der Waals surface area contributed by atoms with Crippen molar-refractivity contribution in [3.05, 3.63) is 0 Å². The molecule has 1 aliphatic heterocycles. The fourth-order valence-corrected chi connectivity index (χ4v) is 2.18. The number of ether oxygens (including phenoxy) is 1. The molecule has 0 aromatic rings. The van der Waals surface area contributed by atoms with Gasteiger partial charge in [-0.25, -0.2) is 9.59 Å². The lowest BCUT2D eigenvalue weighted by Crippen LogP contribution is -2.42. The number of nitrogens with one attached hydrogen (secondary N) is 1. The van der Waals surface area contributed by atoms with Crippen LogP contribution in [0.15, 0.2) is 0 Å². The largest absolute Gasteiger partial charge is 0.465 e. The Hall–Kier alpha value is -1.50. The summed E-state index contributed by atoms with van der Waals surface area (Å²) in [6.07, 6.45) is -0.721. The zero-order valence-electron chi connectivity index (χ0n) is 12.3. The molecule has 1 aliphatic rings. The normalized spacial score (nSPS) is 18.5. The standard InChI is InChI=1S/C13H24N2O5/c1-13(2,3)20-11(17)14-10(16)8-9-4-6-15(7-5-9)12(18)19/h9-10,16H,4-8H2,1-3H3,(H,14,17)(H,18,19). The Morgan fingerprint density at radius 2 is 1.90 bits per heavy atom. The minimum Gasteiger partial charge on any atom is -0.465 e. The highest BCUT2D eigenvalue weighted by Crippen LogP contribution is 2.21. The van der Waals surface area contributed by atoms with E-state index in [1.165, 1.54) is 4.90 Å². The molecule has 0 aliphatic carbocycles. The second-order valence-corrected chi connectivity index (χ2v) is 6.11. The summed E-state index contributed by atoms with van der Waals surface area (Å²) in [6.45, 7) is 6.19. The van der Waals surface area contributed by atoms with Gasteiger partial charge in [0.05, 0.1) is 0 Å². The zero-order valence-corrected chi connectivity index (χ0v) is 12.3. The molecule has 0 saturated carbocycles. The molecule has 7 heteroatoms. The summed E-state index contributed by atoms with van der Waals surface area (Å²) in [5.74, 6) is 0.204. The number of hydrogen-bond donors (Lipinski definition) is 3. The van der Waals surface area contributed by atoms with E-state index in [4.69, 9.17) is 9.84 Å². The van der Waals surface area contributed by atoms with Gasteiger partial charge < -0.3 is 19.8 Å². The number of amides is 2. The molecule has 1 atom stereocenters. The lowest BCUT2D eigenvalue weighted by atomic mass is 9.93. The average Bonchev–Trinajstić information content (AvgIpc) is 2.26. The van der Waals surface area contributed by atoms with Gasteiger partial charge in [0.25, 0.3) is 0 Å². The fraction of sp³-hybridized carbons (Fsp3) is 0.846. The van der Waals surface area contributed by atoms with Crippen molar-refractivity contribution in [3.8, 4) is 0 Å². The van der Waals surface area contributed by atoms with E-state index in [1.54, 1.807) is 20.8 Å². The maximum Gasteiger partial charge on any atom is 0.409 e. The van der Waals surface area contributed by atoms with Crippen molar-refractivity contribution in [2.75, 3.05) is 13.1 Å². The Kier molecular flexibility index (Phi) is 5.62. The minimum atomic E-state index is -0.966. The molecule has 0 bridgehead atoms. The van der Waals surface area contributed by atoms with Crippen LogP contribution in [0, 0.1) is 5.92 Å². The highest BCUT2D eigenvalue weighted by atomic mass is 16.6. The molecule has 2 amide bonds. The number of aliphatic hydroxyl groups is 1. The first-order valence-corrected chi connectivity index (χ1v) is 6.83. The van der Waals surface area contributed by atoms with E-state index < -0.39 is 24.0 Å². The lowest BCUT2D eigenvalue weighted by molar-refractivity contribution is 0.0288. The third kappa shape index (κ3) is 6.10. The van der Waals surface area contributed by atoms with E-state index >= 15 is 0 Å². The molecular formula is C13H24N2O5. The molecule has 20 heavy (non-hydrogen) atoms. The summed E-state index contributed by atoms with van der Waals surface area (Å²) in [5.41, 5.74) is -0.601. The summed E-state index contributed by atoms with van der Waals surface area (Å²) in [4.78, 5) is 23.6. The summed E-state index contributed by atoms with van der Waals surface area (Å²) < 4.78 is 5.05. The molecule has 1 fully saturated rings. The highest BCUT2D eigenvalue weighted by molar-refractivity contribution is 5.67. The molecule has 0 spiro atoms. The number of alkyl carbamates (subject to hydrolysis) is 1. The fourth-order valence-electron chi connectivity index (χ4n) is 2.18. The predicted octanol–water partition coefficient (Wildman–Crippen LogP) is 1.61. The molecule has 0 aromatic heterocycles. The molecule has 1 unspecified atom stereocenters. The molecule has 3 N–H and O–H groups in total. The average molecular weight is 288 g/mol. The van der Waals surface area contributed by atoms with Crippen LogP contribution in [0.4, 0.5) is 9.59 Å². The van der Waals surface area contributed by atoms with E-state index in [9.17, 15) is 14.7 Å². The zero-order chi connectivity index (χ0) is 15.3. The number of hydrogen-bond acceptors (Lipinski definition) is 4. The van der Waals surface area contributed by atoms with Gasteiger partial charge in [-0.2, -0.15) is 0 Å². The Bertz CT molecular complexity index is 345. The molecule has 1 rings (SSSR count). The van der Waals surface area contributed by atoms with Gasteiger partial charge in [-0.05, 0) is 46.0 Å². The van der Waals surface area contributed by atoms with Crippen molar-refractivity contribution in [1.82, 2.24) is 10.2 Å². The molecule has 7 nitrogen and oxygen atoms in total. The van der Waals surface area contributed by atoms with Crippen LogP contribution in [0.5, 0.6) is 0 Å². The van der Waals surface area contributed by atoms with Gasteiger partial charge >= 0.3 is 12.2 Å². The molecular weight excluding hydrogens is 264 g/mol. The first-order valence-electron chi connectivity index (χ1n) is 6.83. The molecule has 1 saturated heterocycles. The number of rotatable bonds is 3. The lowest BCUT2D eigenvalue weighted by Gasteiger charge is -2.31. The highest BCUT2D eigenvalue weighted by Gasteiger charge is 2.25. The van der Waals surface area contributed by atoms with Gasteiger partial charge in [0.1, 0.15) is 11.8 Å². The smallest absolute Gasteiger partial charge is 0.409 e. The first-order chi connectivity index (χ1) is 9.17. The van der Waals surface area contributed by atoms with Gasteiger partial charge in [0, 0.05) is 13.1 Å². The molecule has 0 radical (unpaired) electrons. The Balaban J connectivity index is 2.28. The number of carbonyl (C=O) groups is 2. The van der Waals surface area contributed by atoms with Gasteiger partial charge in [-0.3, -0.25) is 5.32 Å². The van der Waals surface area contributed by atoms with E-state index in [0.29, 0.717) is 32.4 Å². The quantitative estimate of drug-likeness (QED) is 0.685. The van der Waals surface area contributed by atoms with Gasteiger partial charge in [0.2, 0.25) is 0 Å². The van der Waals surface area contributed by atoms with Crippen LogP contribution < -0.4 is 5.32 Å².